The van der Waals surface area contributed by atoms with Crippen LogP contribution in [0.2, 0.25) is 0 Å². The molecule has 0 saturated carbocycles. The minimum Gasteiger partial charge on any atom is -0.326 e. The van der Waals surface area contributed by atoms with Crippen LogP contribution in [0.25, 0.3) is 0 Å². The van der Waals surface area contributed by atoms with Gasteiger partial charge < -0.3 is 5.32 Å². The normalized spacial score (nSPS) is 10.1. The lowest BCUT2D eigenvalue weighted by Crippen LogP contribution is -2.05. The van der Waals surface area contributed by atoms with Crippen molar-refractivity contribution in [2.75, 3.05) is 5.32 Å². The molecule has 1 rings (SSSR count). The summed E-state index contributed by atoms with van der Waals surface area (Å²) in [6, 6.07) is 6.71. The largest absolute Gasteiger partial charge is 0.326 e. The van der Waals surface area contributed by atoms with Crippen LogP contribution in [0.5, 0.6) is 0 Å². The number of hydrogen-bond acceptors (Lipinski definition) is 3. The van der Waals surface area contributed by atoms with E-state index in [1.165, 1.54) is 6.92 Å². The van der Waals surface area contributed by atoms with E-state index in [1.54, 1.807) is 24.3 Å². The molecular formula is C9H11NO3S. The molecule has 14 heavy (non-hydrogen) atoms. The van der Waals surface area contributed by atoms with E-state index in [4.69, 9.17) is 0 Å². The molecule has 0 aliphatic carbocycles. The predicted molar refractivity (Wildman–Crippen MR) is 54.8 cm³/mol. The molecular weight excluding hydrogens is 202 g/mol. The zero-order valence-corrected chi connectivity index (χ0v) is 8.58. The molecule has 0 aromatic heterocycles. The number of benzene rings is 1. The van der Waals surface area contributed by atoms with Crippen LogP contribution in [0.3, 0.4) is 0 Å². The van der Waals surface area contributed by atoms with Gasteiger partial charge in [0.25, 0.3) is 0 Å². The van der Waals surface area contributed by atoms with Crippen LogP contribution in [0.4, 0.5) is 5.69 Å². The van der Waals surface area contributed by atoms with Crippen molar-refractivity contribution in [1.29, 1.82) is 0 Å². The molecule has 0 aliphatic rings. The molecule has 0 fully saturated rings. The summed E-state index contributed by atoms with van der Waals surface area (Å²) < 4.78 is 20.8. The second kappa shape index (κ2) is 4.76. The van der Waals surface area contributed by atoms with Gasteiger partial charge in [0.15, 0.2) is 0 Å². The van der Waals surface area contributed by atoms with Crippen molar-refractivity contribution in [2.24, 2.45) is 0 Å². The van der Waals surface area contributed by atoms with Gasteiger partial charge in [-0.15, -0.1) is 0 Å². The van der Waals surface area contributed by atoms with E-state index in [-0.39, 0.29) is 11.7 Å². The molecule has 76 valence electrons. The molecule has 4 nitrogen and oxygen atoms in total. The molecule has 0 atom stereocenters. The van der Waals surface area contributed by atoms with Crippen LogP contribution >= 0.6 is 0 Å². The van der Waals surface area contributed by atoms with Crippen LogP contribution < -0.4 is 5.32 Å². The van der Waals surface area contributed by atoms with Gasteiger partial charge in [-0.25, -0.2) is 8.42 Å². The van der Waals surface area contributed by atoms with Gasteiger partial charge in [-0.05, 0) is 17.7 Å². The maximum atomic E-state index is 10.7. The molecule has 1 aromatic carbocycles. The highest BCUT2D eigenvalue weighted by Gasteiger charge is 1.96. The summed E-state index contributed by atoms with van der Waals surface area (Å²) in [5, 5.41) is 2.60. The fourth-order valence-electron chi connectivity index (χ4n) is 1.05. The molecule has 0 unspecified atom stereocenters. The number of hydrogen-bond donors (Lipinski definition) is 2. The maximum Gasteiger partial charge on any atom is 0.221 e. The Morgan fingerprint density at radius 2 is 1.86 bits per heavy atom. The van der Waals surface area contributed by atoms with Gasteiger partial charge in [0, 0.05) is 12.6 Å². The highest BCUT2D eigenvalue weighted by atomic mass is 32.2. The molecule has 0 saturated heterocycles. The van der Waals surface area contributed by atoms with Gasteiger partial charge >= 0.3 is 0 Å². The summed E-state index contributed by atoms with van der Waals surface area (Å²) >= 11 is 0. The van der Waals surface area contributed by atoms with Crippen molar-refractivity contribution in [3.63, 3.8) is 0 Å². The predicted octanol–water partition coefficient (Wildman–Crippen LogP) is 0.756. The number of anilines is 1. The molecule has 0 aliphatic heterocycles. The van der Waals surface area contributed by atoms with Crippen molar-refractivity contribution >= 4 is 22.3 Å². The molecule has 5 heteroatoms. The second-order valence-electron chi connectivity index (χ2n) is 2.87. The third kappa shape index (κ3) is 3.57. The minimum absolute atomic E-state index is 0.0374. The van der Waals surface area contributed by atoms with Gasteiger partial charge in [-0.3, -0.25) is 4.79 Å². The number of amides is 1. The fourth-order valence-corrected chi connectivity index (χ4v) is 1.55. The second-order valence-corrected chi connectivity index (χ2v) is 3.85. The average molecular weight is 213 g/mol. The number of carbonyl (C=O) groups is 1. The van der Waals surface area contributed by atoms with Crippen molar-refractivity contribution in [3.8, 4) is 0 Å². The van der Waals surface area contributed by atoms with E-state index in [2.05, 4.69) is 5.32 Å². The Balaban J connectivity index is 2.73. The van der Waals surface area contributed by atoms with Crippen LogP contribution in [0.15, 0.2) is 24.3 Å². The van der Waals surface area contributed by atoms with Gasteiger partial charge in [0.1, 0.15) is 10.7 Å². The number of nitrogens with one attached hydrogen (secondary N) is 1. The van der Waals surface area contributed by atoms with Gasteiger partial charge in [-0.2, -0.15) is 0 Å². The number of carbonyl (C=O) groups excluding carboxylic acids is 1. The van der Waals surface area contributed by atoms with E-state index in [1.807, 2.05) is 0 Å². The SMILES string of the molecule is CC(=O)Nc1ccc(C[SH](=O)=O)cc1. The molecule has 0 radical (unpaired) electrons. The van der Waals surface area contributed by atoms with Crippen molar-refractivity contribution in [1.82, 2.24) is 0 Å². The molecule has 1 N–H and O–H groups in total. The summed E-state index contributed by atoms with van der Waals surface area (Å²) in [6.07, 6.45) is 0. The van der Waals surface area contributed by atoms with Crippen molar-refractivity contribution in [3.05, 3.63) is 29.8 Å². The Hall–Kier alpha value is -1.36. The van der Waals surface area contributed by atoms with Crippen LogP contribution in [0, 0.1) is 0 Å². The fraction of sp³-hybridized carbons (Fsp3) is 0.222. The first-order valence-corrected chi connectivity index (χ1v) is 5.42. The zero-order valence-electron chi connectivity index (χ0n) is 7.69. The lowest BCUT2D eigenvalue weighted by molar-refractivity contribution is -0.114. The lowest BCUT2D eigenvalue weighted by atomic mass is 10.2. The topological polar surface area (TPSA) is 63.2 Å². The first-order chi connectivity index (χ1) is 6.58. The molecule has 0 heterocycles. The Morgan fingerprint density at radius 1 is 1.29 bits per heavy atom. The Kier molecular flexibility index (Phi) is 3.64. The summed E-state index contributed by atoms with van der Waals surface area (Å²) in [5.41, 5.74) is 1.39. The Labute approximate surface area is 83.9 Å². The zero-order chi connectivity index (χ0) is 10.6. The summed E-state index contributed by atoms with van der Waals surface area (Å²) in [4.78, 5) is 10.7. The maximum absolute atomic E-state index is 10.7. The van der Waals surface area contributed by atoms with E-state index in [0.29, 0.717) is 5.69 Å². The Bertz CT molecular complexity index is 387. The van der Waals surface area contributed by atoms with E-state index in [9.17, 15) is 13.2 Å². The van der Waals surface area contributed by atoms with Crippen LogP contribution in [-0.4, -0.2) is 14.3 Å². The Morgan fingerprint density at radius 3 is 2.29 bits per heavy atom. The minimum atomic E-state index is -2.39. The van der Waals surface area contributed by atoms with Crippen molar-refractivity contribution < 1.29 is 13.2 Å². The molecule has 1 amide bonds. The highest BCUT2D eigenvalue weighted by molar-refractivity contribution is 7.71. The van der Waals surface area contributed by atoms with Crippen LogP contribution in [0.1, 0.15) is 12.5 Å². The number of rotatable bonds is 3. The highest BCUT2D eigenvalue weighted by Crippen LogP contribution is 2.09. The number of thiol groups is 1. The van der Waals surface area contributed by atoms with Crippen molar-refractivity contribution in [2.45, 2.75) is 12.7 Å². The van der Waals surface area contributed by atoms with E-state index in [0.717, 1.165) is 5.56 Å². The van der Waals surface area contributed by atoms with E-state index < -0.39 is 10.7 Å². The third-order valence-corrected chi connectivity index (χ3v) is 2.21. The quantitative estimate of drug-likeness (QED) is 0.728. The standard InChI is InChI=1S/C9H11NO3S/c1-7(11)10-9-4-2-8(3-5-9)6-14(12)13/h2-5,14H,6H2,1H3,(H,10,11). The summed E-state index contributed by atoms with van der Waals surface area (Å²) in [5.74, 6) is -0.108. The lowest BCUT2D eigenvalue weighted by Gasteiger charge is -2.01. The summed E-state index contributed by atoms with van der Waals surface area (Å²) in [7, 11) is -2.39. The van der Waals surface area contributed by atoms with E-state index >= 15 is 0 Å². The average Bonchev–Trinajstić information content (AvgIpc) is 2.06. The smallest absolute Gasteiger partial charge is 0.221 e. The van der Waals surface area contributed by atoms with Gasteiger partial charge in [0.05, 0.1) is 5.75 Å². The van der Waals surface area contributed by atoms with Gasteiger partial charge in [-0.1, -0.05) is 12.1 Å². The monoisotopic (exact) mass is 213 g/mol. The first kappa shape index (κ1) is 10.7. The third-order valence-electron chi connectivity index (χ3n) is 1.59. The molecule has 0 bridgehead atoms. The van der Waals surface area contributed by atoms with Gasteiger partial charge in [0.2, 0.25) is 5.91 Å². The molecule has 1 aromatic rings. The summed E-state index contributed by atoms with van der Waals surface area (Å²) in [6.45, 7) is 1.42. The van der Waals surface area contributed by atoms with Crippen LogP contribution in [-0.2, 0) is 21.3 Å². The molecule has 0 spiro atoms. The first-order valence-electron chi connectivity index (χ1n) is 4.06.